The van der Waals surface area contributed by atoms with Gasteiger partial charge >= 0.3 is 5.69 Å². The van der Waals surface area contributed by atoms with Gasteiger partial charge in [-0.15, -0.1) is 0 Å². The van der Waals surface area contributed by atoms with E-state index in [-0.39, 0.29) is 18.2 Å². The van der Waals surface area contributed by atoms with Crippen molar-refractivity contribution < 1.29 is 14.3 Å². The minimum atomic E-state index is -0.307. The monoisotopic (exact) mass is 327 g/mol. The van der Waals surface area contributed by atoms with Crippen LogP contribution in [-0.4, -0.2) is 29.2 Å². The van der Waals surface area contributed by atoms with Crippen LogP contribution in [0.2, 0.25) is 0 Å². The second-order valence-electron chi connectivity index (χ2n) is 5.21. The average molecular weight is 327 g/mol. The van der Waals surface area contributed by atoms with Crippen LogP contribution in [-0.2, 0) is 11.8 Å². The zero-order chi connectivity index (χ0) is 17.1. The van der Waals surface area contributed by atoms with Crippen LogP contribution in [0.15, 0.2) is 47.3 Å². The topological polar surface area (TPSA) is 85.3 Å². The number of imidazole rings is 1. The van der Waals surface area contributed by atoms with E-state index < -0.39 is 0 Å². The molecule has 7 heteroatoms. The van der Waals surface area contributed by atoms with Gasteiger partial charge in [0, 0.05) is 12.7 Å². The van der Waals surface area contributed by atoms with Gasteiger partial charge in [-0.05, 0) is 30.3 Å². The molecular weight excluding hydrogens is 310 g/mol. The lowest BCUT2D eigenvalue weighted by atomic mass is 10.2. The van der Waals surface area contributed by atoms with Crippen LogP contribution < -0.4 is 20.5 Å². The van der Waals surface area contributed by atoms with Gasteiger partial charge in [-0.1, -0.05) is 12.1 Å². The summed E-state index contributed by atoms with van der Waals surface area (Å²) in [5.41, 5.74) is 1.81. The van der Waals surface area contributed by atoms with Gasteiger partial charge in [0.15, 0.2) is 18.1 Å². The first-order valence-electron chi connectivity index (χ1n) is 7.33. The molecule has 0 saturated carbocycles. The summed E-state index contributed by atoms with van der Waals surface area (Å²) >= 11 is 0. The van der Waals surface area contributed by atoms with Crippen LogP contribution >= 0.6 is 0 Å². The van der Waals surface area contributed by atoms with Crippen molar-refractivity contribution in [2.75, 3.05) is 19.0 Å². The third kappa shape index (κ3) is 3.10. The molecule has 0 radical (unpaired) electrons. The Hall–Kier alpha value is -3.22. The van der Waals surface area contributed by atoms with Crippen LogP contribution in [0.5, 0.6) is 11.5 Å². The molecular formula is C17H17N3O4. The Balaban J connectivity index is 1.67. The number of anilines is 1. The van der Waals surface area contributed by atoms with E-state index in [4.69, 9.17) is 9.47 Å². The average Bonchev–Trinajstić information content (AvgIpc) is 2.87. The molecule has 2 aromatic carbocycles. The molecule has 124 valence electrons. The first-order chi connectivity index (χ1) is 11.6. The fraction of sp³-hybridized carbons (Fsp3) is 0.176. The van der Waals surface area contributed by atoms with Gasteiger partial charge in [0.1, 0.15) is 0 Å². The van der Waals surface area contributed by atoms with Gasteiger partial charge in [0.2, 0.25) is 0 Å². The lowest BCUT2D eigenvalue weighted by Crippen LogP contribution is -2.20. The van der Waals surface area contributed by atoms with Gasteiger partial charge in [-0.3, -0.25) is 9.36 Å². The minimum Gasteiger partial charge on any atom is -0.493 e. The predicted molar refractivity (Wildman–Crippen MR) is 90.7 cm³/mol. The highest BCUT2D eigenvalue weighted by atomic mass is 16.5. The number of aromatic nitrogens is 2. The second kappa shape index (κ2) is 6.49. The minimum absolute atomic E-state index is 0.149. The summed E-state index contributed by atoms with van der Waals surface area (Å²) < 4.78 is 12.1. The molecule has 0 unspecified atom stereocenters. The van der Waals surface area contributed by atoms with E-state index in [2.05, 4.69) is 10.3 Å². The van der Waals surface area contributed by atoms with E-state index in [1.165, 1.54) is 11.7 Å². The molecule has 3 rings (SSSR count). The highest BCUT2D eigenvalue weighted by Crippen LogP contribution is 2.25. The lowest BCUT2D eigenvalue weighted by molar-refractivity contribution is -0.118. The second-order valence-corrected chi connectivity index (χ2v) is 5.21. The highest BCUT2D eigenvalue weighted by Gasteiger charge is 2.09. The van der Waals surface area contributed by atoms with Crippen molar-refractivity contribution in [3.8, 4) is 11.5 Å². The molecule has 0 spiro atoms. The molecule has 0 aliphatic carbocycles. The Kier molecular flexibility index (Phi) is 4.24. The van der Waals surface area contributed by atoms with Crippen molar-refractivity contribution in [2.45, 2.75) is 0 Å². The number of rotatable bonds is 5. The van der Waals surface area contributed by atoms with E-state index in [9.17, 15) is 9.59 Å². The Labute approximate surface area is 137 Å². The number of fused-ring (bicyclic) bond motifs is 1. The molecule has 24 heavy (non-hydrogen) atoms. The lowest BCUT2D eigenvalue weighted by Gasteiger charge is -2.10. The van der Waals surface area contributed by atoms with Crippen LogP contribution in [0.4, 0.5) is 5.69 Å². The largest absolute Gasteiger partial charge is 0.493 e. The first-order valence-corrected chi connectivity index (χ1v) is 7.33. The van der Waals surface area contributed by atoms with E-state index in [0.717, 1.165) is 5.52 Å². The maximum atomic E-state index is 12.0. The van der Waals surface area contributed by atoms with Gasteiger partial charge < -0.3 is 19.8 Å². The Morgan fingerprint density at radius 2 is 1.96 bits per heavy atom. The van der Waals surface area contributed by atoms with Gasteiger partial charge in [-0.2, -0.15) is 0 Å². The fourth-order valence-corrected chi connectivity index (χ4v) is 2.39. The number of aryl methyl sites for hydroxylation is 1. The number of carbonyl (C=O) groups is 1. The van der Waals surface area contributed by atoms with Crippen LogP contribution in [0.25, 0.3) is 11.0 Å². The Morgan fingerprint density at radius 1 is 1.21 bits per heavy atom. The maximum absolute atomic E-state index is 12.0. The van der Waals surface area contributed by atoms with E-state index >= 15 is 0 Å². The van der Waals surface area contributed by atoms with Crippen molar-refractivity contribution >= 4 is 22.6 Å². The number of nitrogens with one attached hydrogen (secondary N) is 2. The molecule has 0 aliphatic heterocycles. The summed E-state index contributed by atoms with van der Waals surface area (Å²) in [7, 11) is 3.22. The van der Waals surface area contributed by atoms with E-state index in [1.54, 1.807) is 43.4 Å². The van der Waals surface area contributed by atoms with E-state index in [1.807, 2.05) is 6.07 Å². The number of amides is 1. The number of methoxy groups -OCH3 is 1. The number of ether oxygens (including phenoxy) is 2. The summed E-state index contributed by atoms with van der Waals surface area (Å²) in [4.78, 5) is 26.3. The molecule has 2 N–H and O–H groups in total. The normalized spacial score (nSPS) is 10.6. The Bertz CT molecular complexity index is 942. The van der Waals surface area contributed by atoms with Gasteiger partial charge in [-0.25, -0.2) is 4.79 Å². The van der Waals surface area contributed by atoms with Crippen molar-refractivity contribution in [3.63, 3.8) is 0 Å². The van der Waals surface area contributed by atoms with Crippen LogP contribution in [0.3, 0.4) is 0 Å². The molecule has 0 bridgehead atoms. The molecule has 0 atom stereocenters. The quantitative estimate of drug-likeness (QED) is 0.749. The molecule has 3 aromatic rings. The zero-order valence-corrected chi connectivity index (χ0v) is 13.3. The Morgan fingerprint density at radius 3 is 2.71 bits per heavy atom. The summed E-state index contributed by atoms with van der Waals surface area (Å²) in [5.74, 6) is 0.755. The summed E-state index contributed by atoms with van der Waals surface area (Å²) in [6.07, 6.45) is 0. The maximum Gasteiger partial charge on any atom is 0.326 e. The van der Waals surface area contributed by atoms with Crippen LogP contribution in [0, 0.1) is 0 Å². The first kappa shape index (κ1) is 15.7. The smallest absolute Gasteiger partial charge is 0.326 e. The molecule has 0 saturated heterocycles. The van der Waals surface area contributed by atoms with Crippen molar-refractivity contribution in [1.29, 1.82) is 0 Å². The third-order valence-electron chi connectivity index (χ3n) is 3.62. The number of hydrogen-bond acceptors (Lipinski definition) is 4. The molecule has 0 fully saturated rings. The van der Waals surface area contributed by atoms with Crippen LogP contribution in [0.1, 0.15) is 0 Å². The van der Waals surface area contributed by atoms with Crippen molar-refractivity contribution in [2.24, 2.45) is 7.05 Å². The van der Waals surface area contributed by atoms with Crippen molar-refractivity contribution in [3.05, 3.63) is 52.9 Å². The SMILES string of the molecule is COc1ccccc1OCC(=O)Nc1ccc2c(c1)[nH]c(=O)n2C. The van der Waals surface area contributed by atoms with Gasteiger partial charge in [0.25, 0.3) is 5.91 Å². The molecule has 0 aliphatic rings. The summed E-state index contributed by atoms with van der Waals surface area (Å²) in [6, 6.07) is 12.3. The standard InChI is InChI=1S/C17H17N3O4/c1-20-13-8-7-11(9-12(13)19-17(20)22)18-16(21)10-24-15-6-4-3-5-14(15)23-2/h3-9H,10H2,1-2H3,(H,18,21)(H,19,22). The number of nitrogens with zero attached hydrogens (tertiary/aromatic N) is 1. The number of hydrogen-bond donors (Lipinski definition) is 2. The molecule has 7 nitrogen and oxygen atoms in total. The summed E-state index contributed by atoms with van der Waals surface area (Å²) in [5, 5.41) is 2.73. The number of carbonyl (C=O) groups excluding carboxylic acids is 1. The highest BCUT2D eigenvalue weighted by molar-refractivity contribution is 5.94. The van der Waals surface area contributed by atoms with Crippen molar-refractivity contribution in [1.82, 2.24) is 9.55 Å². The number of H-pyrrole nitrogens is 1. The van der Waals surface area contributed by atoms with Gasteiger partial charge in [0.05, 0.1) is 18.1 Å². The number of benzene rings is 2. The molecule has 1 aromatic heterocycles. The molecule has 1 heterocycles. The van der Waals surface area contributed by atoms with E-state index in [0.29, 0.717) is 22.7 Å². The third-order valence-corrected chi connectivity index (χ3v) is 3.62. The number of para-hydroxylation sites is 2. The molecule has 1 amide bonds. The summed E-state index contributed by atoms with van der Waals surface area (Å²) in [6.45, 7) is -0.149. The zero-order valence-electron chi connectivity index (χ0n) is 13.3. The predicted octanol–water partition coefficient (Wildman–Crippen LogP) is 1.89. The fourth-order valence-electron chi connectivity index (χ4n) is 2.39. The number of aromatic amines is 1.